The maximum absolute atomic E-state index is 12.3. The quantitative estimate of drug-likeness (QED) is 0.758. The molecule has 1 unspecified atom stereocenters. The van der Waals surface area contributed by atoms with E-state index in [1.54, 1.807) is 12.6 Å². The molecule has 0 aliphatic heterocycles. The van der Waals surface area contributed by atoms with Crippen molar-refractivity contribution in [3.63, 3.8) is 0 Å². The maximum atomic E-state index is 12.3. The molecular formula is C14H22N2O2S2. The van der Waals surface area contributed by atoms with Crippen molar-refractivity contribution in [2.45, 2.75) is 32.6 Å². The Morgan fingerprint density at radius 2 is 2.25 bits per heavy atom. The Kier molecular flexibility index (Phi) is 5.35. The summed E-state index contributed by atoms with van der Waals surface area (Å²) in [7, 11) is -1.46. The van der Waals surface area contributed by atoms with E-state index < -0.39 is 10.0 Å². The van der Waals surface area contributed by atoms with Crippen LogP contribution in [0.5, 0.6) is 0 Å². The van der Waals surface area contributed by atoms with Gasteiger partial charge in [-0.2, -0.15) is 0 Å². The molecule has 6 heteroatoms. The van der Waals surface area contributed by atoms with Crippen LogP contribution >= 0.6 is 11.3 Å². The van der Waals surface area contributed by atoms with E-state index in [4.69, 9.17) is 0 Å². The van der Waals surface area contributed by atoms with Gasteiger partial charge in [-0.05, 0) is 38.5 Å². The van der Waals surface area contributed by atoms with Gasteiger partial charge in [0.2, 0.25) is 10.0 Å². The first-order valence-electron chi connectivity index (χ1n) is 6.97. The number of thiazole rings is 1. The minimum Gasteiger partial charge on any atom is -0.250 e. The fourth-order valence-electron chi connectivity index (χ4n) is 2.44. The Hall–Kier alpha value is -0.720. The number of hydrogen-bond acceptors (Lipinski definition) is 4. The van der Waals surface area contributed by atoms with Crippen molar-refractivity contribution in [2.75, 3.05) is 19.3 Å². The van der Waals surface area contributed by atoms with Gasteiger partial charge in [0.25, 0.3) is 0 Å². The van der Waals surface area contributed by atoms with Crippen LogP contribution in [-0.2, 0) is 16.4 Å². The van der Waals surface area contributed by atoms with Crippen molar-refractivity contribution in [3.8, 4) is 0 Å². The van der Waals surface area contributed by atoms with Crippen LogP contribution in [0.15, 0.2) is 17.7 Å². The Labute approximate surface area is 125 Å². The van der Waals surface area contributed by atoms with Gasteiger partial charge in [0.05, 0.1) is 17.0 Å². The Balaban J connectivity index is 1.88. The van der Waals surface area contributed by atoms with E-state index in [2.05, 4.69) is 17.1 Å². The molecule has 1 aliphatic carbocycles. The van der Waals surface area contributed by atoms with Crippen molar-refractivity contribution in [2.24, 2.45) is 5.92 Å². The van der Waals surface area contributed by atoms with Gasteiger partial charge in [-0.1, -0.05) is 12.2 Å². The first-order chi connectivity index (χ1) is 9.49. The molecule has 1 aromatic heterocycles. The average Bonchev–Trinajstić information content (AvgIpc) is 2.83. The van der Waals surface area contributed by atoms with Crippen molar-refractivity contribution in [1.29, 1.82) is 0 Å². The molecule has 1 aromatic rings. The van der Waals surface area contributed by atoms with Crippen LogP contribution in [0.4, 0.5) is 0 Å². The van der Waals surface area contributed by atoms with E-state index >= 15 is 0 Å². The zero-order valence-corrected chi connectivity index (χ0v) is 13.7. The summed E-state index contributed by atoms with van der Waals surface area (Å²) in [5.41, 5.74) is 2.72. The number of aryl methyl sites for hydroxylation is 2. The van der Waals surface area contributed by atoms with Gasteiger partial charge >= 0.3 is 0 Å². The van der Waals surface area contributed by atoms with E-state index in [0.29, 0.717) is 18.9 Å². The molecule has 2 rings (SSSR count). The average molecular weight is 314 g/mol. The molecule has 0 radical (unpaired) electrons. The molecule has 0 spiro atoms. The third kappa shape index (κ3) is 4.14. The smallest absolute Gasteiger partial charge is 0.214 e. The van der Waals surface area contributed by atoms with Crippen molar-refractivity contribution in [1.82, 2.24) is 9.29 Å². The molecule has 0 saturated carbocycles. The summed E-state index contributed by atoms with van der Waals surface area (Å²) in [6.45, 7) is 2.56. The van der Waals surface area contributed by atoms with E-state index in [1.165, 1.54) is 15.6 Å². The monoisotopic (exact) mass is 314 g/mol. The lowest BCUT2D eigenvalue weighted by atomic mass is 9.95. The molecule has 112 valence electrons. The molecule has 1 atom stereocenters. The third-order valence-electron chi connectivity index (χ3n) is 3.80. The number of nitrogens with zero attached hydrogens (tertiary/aromatic N) is 2. The minimum atomic E-state index is -3.16. The topological polar surface area (TPSA) is 50.3 Å². The van der Waals surface area contributed by atoms with Gasteiger partial charge < -0.3 is 0 Å². The summed E-state index contributed by atoms with van der Waals surface area (Å²) >= 11 is 1.53. The van der Waals surface area contributed by atoms with Crippen LogP contribution in [0.25, 0.3) is 0 Å². The summed E-state index contributed by atoms with van der Waals surface area (Å²) in [5.74, 6) is 0.639. The molecule has 0 fully saturated rings. The van der Waals surface area contributed by atoms with Gasteiger partial charge in [-0.15, -0.1) is 11.3 Å². The standard InChI is InChI=1S/C14H22N2O2S2/c1-12-14(19-11-15-12)8-9-20(17,18)16(2)10-13-6-4-3-5-7-13/h3-4,11,13H,5-10H2,1-2H3. The molecular weight excluding hydrogens is 292 g/mol. The number of sulfonamides is 1. The SMILES string of the molecule is Cc1ncsc1CCS(=O)(=O)N(C)CC1CC=CCC1. The Morgan fingerprint density at radius 1 is 1.45 bits per heavy atom. The lowest BCUT2D eigenvalue weighted by Gasteiger charge is -2.24. The zero-order valence-electron chi connectivity index (χ0n) is 12.1. The fraction of sp³-hybridized carbons (Fsp3) is 0.643. The summed E-state index contributed by atoms with van der Waals surface area (Å²) in [6.07, 6.45) is 8.05. The molecule has 1 aliphatic rings. The van der Waals surface area contributed by atoms with Gasteiger partial charge in [-0.25, -0.2) is 17.7 Å². The maximum Gasteiger partial charge on any atom is 0.214 e. The lowest BCUT2D eigenvalue weighted by Crippen LogP contribution is -2.34. The Bertz CT molecular complexity index is 563. The predicted octanol–water partition coefficient (Wildman–Crippen LogP) is 2.61. The zero-order chi connectivity index (χ0) is 14.6. The molecule has 1 heterocycles. The summed E-state index contributed by atoms with van der Waals surface area (Å²) in [4.78, 5) is 5.23. The third-order valence-corrected chi connectivity index (χ3v) is 6.61. The van der Waals surface area contributed by atoms with E-state index in [-0.39, 0.29) is 5.75 Å². The van der Waals surface area contributed by atoms with Crippen LogP contribution in [0.2, 0.25) is 0 Å². The molecule has 0 amide bonds. The highest BCUT2D eigenvalue weighted by Crippen LogP contribution is 2.20. The van der Waals surface area contributed by atoms with Gasteiger partial charge in [0.1, 0.15) is 0 Å². The second-order valence-corrected chi connectivity index (χ2v) is 8.49. The lowest BCUT2D eigenvalue weighted by molar-refractivity contribution is 0.362. The fourth-order valence-corrected chi connectivity index (χ4v) is 4.57. The molecule has 0 N–H and O–H groups in total. The van der Waals surface area contributed by atoms with Gasteiger partial charge in [0, 0.05) is 18.5 Å². The second kappa shape index (κ2) is 6.83. The summed E-state index contributed by atoms with van der Waals surface area (Å²) < 4.78 is 26.1. The van der Waals surface area contributed by atoms with Crippen molar-refractivity contribution >= 4 is 21.4 Å². The second-order valence-electron chi connectivity index (χ2n) is 5.36. The van der Waals surface area contributed by atoms with Gasteiger partial charge in [-0.3, -0.25) is 0 Å². The highest BCUT2D eigenvalue weighted by Gasteiger charge is 2.22. The molecule has 0 saturated heterocycles. The molecule has 0 aromatic carbocycles. The number of rotatable bonds is 6. The van der Waals surface area contributed by atoms with Crippen molar-refractivity contribution < 1.29 is 8.42 Å². The van der Waals surface area contributed by atoms with E-state index in [1.807, 2.05) is 6.92 Å². The van der Waals surface area contributed by atoms with Crippen LogP contribution < -0.4 is 0 Å². The van der Waals surface area contributed by atoms with E-state index in [9.17, 15) is 8.42 Å². The largest absolute Gasteiger partial charge is 0.250 e. The first-order valence-corrected chi connectivity index (χ1v) is 9.46. The van der Waals surface area contributed by atoms with Crippen LogP contribution in [-0.4, -0.2) is 37.1 Å². The predicted molar refractivity (Wildman–Crippen MR) is 83.5 cm³/mol. The van der Waals surface area contributed by atoms with E-state index in [0.717, 1.165) is 29.8 Å². The van der Waals surface area contributed by atoms with Gasteiger partial charge in [0.15, 0.2) is 0 Å². The highest BCUT2D eigenvalue weighted by molar-refractivity contribution is 7.89. The number of allylic oxidation sites excluding steroid dienone is 2. The normalized spacial score (nSPS) is 19.6. The Morgan fingerprint density at radius 3 is 2.85 bits per heavy atom. The van der Waals surface area contributed by atoms with Crippen LogP contribution in [0.3, 0.4) is 0 Å². The molecule has 4 nitrogen and oxygen atoms in total. The molecule has 20 heavy (non-hydrogen) atoms. The van der Waals surface area contributed by atoms with Crippen LogP contribution in [0.1, 0.15) is 29.8 Å². The summed E-state index contributed by atoms with van der Waals surface area (Å²) in [6, 6.07) is 0. The summed E-state index contributed by atoms with van der Waals surface area (Å²) in [5, 5.41) is 0. The number of aromatic nitrogens is 1. The number of hydrogen-bond donors (Lipinski definition) is 0. The first kappa shape index (κ1) is 15.7. The van der Waals surface area contributed by atoms with Crippen LogP contribution in [0, 0.1) is 12.8 Å². The molecule has 0 bridgehead atoms. The minimum absolute atomic E-state index is 0.176. The highest BCUT2D eigenvalue weighted by atomic mass is 32.2. The van der Waals surface area contributed by atoms with Crippen molar-refractivity contribution in [3.05, 3.63) is 28.2 Å².